The molecule has 1 aromatic carbocycles. The molecule has 1 N–H and O–H groups in total. The second kappa shape index (κ2) is 5.20. The zero-order chi connectivity index (χ0) is 13.2. The van der Waals surface area contributed by atoms with Gasteiger partial charge in [0.2, 0.25) is 0 Å². The van der Waals surface area contributed by atoms with Gasteiger partial charge in [-0.1, -0.05) is 24.6 Å². The van der Waals surface area contributed by atoms with Crippen LogP contribution in [-0.4, -0.2) is 33.0 Å². The summed E-state index contributed by atoms with van der Waals surface area (Å²) in [6.07, 6.45) is 2.37. The van der Waals surface area contributed by atoms with Crippen molar-refractivity contribution in [3.05, 3.63) is 29.8 Å². The average Bonchev–Trinajstić information content (AvgIpc) is 2.26. The van der Waals surface area contributed by atoms with Gasteiger partial charge in [0.25, 0.3) is 0 Å². The first-order valence-corrected chi connectivity index (χ1v) is 7.62. The normalized spacial score (nSPS) is 16.3. The van der Waals surface area contributed by atoms with Crippen LogP contribution in [0.4, 0.5) is 0 Å². The lowest BCUT2D eigenvalue weighted by atomic mass is 10.00. The molecule has 2 rings (SSSR count). The Morgan fingerprint density at radius 3 is 2.56 bits per heavy atom. The van der Waals surface area contributed by atoms with Crippen molar-refractivity contribution >= 4 is 15.6 Å². The van der Waals surface area contributed by atoms with E-state index in [1.54, 1.807) is 25.2 Å². The fourth-order valence-electron chi connectivity index (χ4n) is 2.06. The van der Waals surface area contributed by atoms with Crippen LogP contribution in [0.25, 0.3) is 0 Å². The summed E-state index contributed by atoms with van der Waals surface area (Å²) in [5.74, 6) is -0.184. The number of sulfone groups is 1. The molecule has 4 nitrogen and oxygen atoms in total. The van der Waals surface area contributed by atoms with Gasteiger partial charge in [-0.25, -0.2) is 8.42 Å². The molecule has 18 heavy (non-hydrogen) atoms. The molecule has 0 amide bonds. The van der Waals surface area contributed by atoms with Crippen molar-refractivity contribution in [3.63, 3.8) is 0 Å². The number of Topliss-reactive ketones (excluding diaryl/α,β-unsaturated/α-hetero) is 1. The van der Waals surface area contributed by atoms with Gasteiger partial charge in [-0.05, 0) is 26.0 Å². The molecule has 0 aliphatic heterocycles. The minimum Gasteiger partial charge on any atom is -0.313 e. The highest BCUT2D eigenvalue weighted by molar-refractivity contribution is 7.92. The van der Waals surface area contributed by atoms with Crippen molar-refractivity contribution in [2.45, 2.75) is 29.4 Å². The smallest absolute Gasteiger partial charge is 0.181 e. The van der Waals surface area contributed by atoms with Crippen LogP contribution < -0.4 is 5.32 Å². The summed E-state index contributed by atoms with van der Waals surface area (Å²) in [6.45, 7) is 0.150. The molecule has 0 saturated heterocycles. The number of benzene rings is 1. The van der Waals surface area contributed by atoms with Gasteiger partial charge in [0.1, 0.15) is 0 Å². The Bertz CT molecular complexity index is 547. The maximum Gasteiger partial charge on any atom is 0.181 e. The molecule has 98 valence electrons. The van der Waals surface area contributed by atoms with Gasteiger partial charge in [0, 0.05) is 5.56 Å². The highest BCUT2D eigenvalue weighted by Crippen LogP contribution is 2.32. The van der Waals surface area contributed by atoms with Gasteiger partial charge in [-0.3, -0.25) is 4.79 Å². The SMILES string of the molecule is CNCC(=O)c1ccccc1S(=O)(=O)C1CCC1. The van der Waals surface area contributed by atoms with Crippen molar-refractivity contribution in [3.8, 4) is 0 Å². The number of carbonyl (C=O) groups excluding carboxylic acids is 1. The molecule has 0 heterocycles. The number of rotatable bonds is 5. The first-order valence-electron chi connectivity index (χ1n) is 6.08. The number of hydrogen-bond donors (Lipinski definition) is 1. The van der Waals surface area contributed by atoms with Gasteiger partial charge in [0.15, 0.2) is 15.6 Å². The lowest BCUT2D eigenvalue weighted by Crippen LogP contribution is -2.30. The van der Waals surface area contributed by atoms with Gasteiger partial charge < -0.3 is 5.32 Å². The van der Waals surface area contributed by atoms with Crippen LogP contribution in [-0.2, 0) is 9.84 Å². The number of hydrogen-bond acceptors (Lipinski definition) is 4. The summed E-state index contributed by atoms with van der Waals surface area (Å²) in [4.78, 5) is 12.1. The zero-order valence-corrected chi connectivity index (χ0v) is 11.2. The molecule has 0 unspecified atom stereocenters. The Morgan fingerprint density at radius 2 is 2.00 bits per heavy atom. The van der Waals surface area contributed by atoms with Crippen molar-refractivity contribution in [2.24, 2.45) is 0 Å². The lowest BCUT2D eigenvalue weighted by Gasteiger charge is -2.26. The van der Waals surface area contributed by atoms with Crippen LogP contribution in [0.1, 0.15) is 29.6 Å². The minimum absolute atomic E-state index is 0.150. The van der Waals surface area contributed by atoms with Crippen LogP contribution in [0, 0.1) is 0 Å². The fraction of sp³-hybridized carbons (Fsp3) is 0.462. The van der Waals surface area contributed by atoms with Gasteiger partial charge >= 0.3 is 0 Å². The van der Waals surface area contributed by atoms with E-state index in [9.17, 15) is 13.2 Å². The summed E-state index contributed by atoms with van der Waals surface area (Å²) in [7, 11) is -1.68. The second-order valence-corrected chi connectivity index (χ2v) is 6.74. The molecule has 1 saturated carbocycles. The van der Waals surface area contributed by atoms with Crippen LogP contribution >= 0.6 is 0 Å². The molecule has 0 atom stereocenters. The summed E-state index contributed by atoms with van der Waals surface area (Å²) in [5.41, 5.74) is 0.304. The minimum atomic E-state index is -3.34. The first kappa shape index (κ1) is 13.2. The number of nitrogens with one attached hydrogen (secondary N) is 1. The maximum absolute atomic E-state index is 12.4. The van der Waals surface area contributed by atoms with Crippen LogP contribution in [0.5, 0.6) is 0 Å². The third-order valence-electron chi connectivity index (χ3n) is 3.32. The molecule has 1 fully saturated rings. The highest BCUT2D eigenvalue weighted by Gasteiger charge is 2.34. The molecule has 1 aliphatic carbocycles. The Hall–Kier alpha value is -1.20. The van der Waals surface area contributed by atoms with Gasteiger partial charge in [0.05, 0.1) is 16.7 Å². The van der Waals surface area contributed by atoms with Crippen molar-refractivity contribution in [2.75, 3.05) is 13.6 Å². The van der Waals surface area contributed by atoms with Crippen LogP contribution in [0.15, 0.2) is 29.2 Å². The molecule has 0 spiro atoms. The van der Waals surface area contributed by atoms with E-state index in [0.29, 0.717) is 18.4 Å². The number of carbonyl (C=O) groups is 1. The largest absolute Gasteiger partial charge is 0.313 e. The van der Waals surface area contributed by atoms with E-state index in [0.717, 1.165) is 6.42 Å². The lowest BCUT2D eigenvalue weighted by molar-refractivity contribution is 0.0990. The third kappa shape index (κ3) is 2.33. The summed E-state index contributed by atoms with van der Waals surface area (Å²) in [6, 6.07) is 6.49. The summed E-state index contributed by atoms with van der Waals surface area (Å²) >= 11 is 0. The molecule has 1 aliphatic rings. The monoisotopic (exact) mass is 267 g/mol. The fourth-order valence-corrected chi connectivity index (χ4v) is 4.13. The maximum atomic E-state index is 12.4. The molecular formula is C13H17NO3S. The Kier molecular flexibility index (Phi) is 3.82. The Balaban J connectivity index is 2.41. The van der Waals surface area contributed by atoms with Crippen LogP contribution in [0.3, 0.4) is 0 Å². The molecule has 0 radical (unpaired) electrons. The summed E-state index contributed by atoms with van der Waals surface area (Å²) < 4.78 is 24.7. The highest BCUT2D eigenvalue weighted by atomic mass is 32.2. The van der Waals surface area contributed by atoms with Crippen molar-refractivity contribution in [1.29, 1.82) is 0 Å². The van der Waals surface area contributed by atoms with E-state index in [2.05, 4.69) is 5.32 Å². The quantitative estimate of drug-likeness (QED) is 0.819. The number of likely N-dealkylation sites (N-methyl/N-ethyl adjacent to an activating group) is 1. The molecule has 5 heteroatoms. The van der Waals surface area contributed by atoms with Crippen LogP contribution in [0.2, 0.25) is 0 Å². The second-order valence-electron chi connectivity index (χ2n) is 4.55. The first-order chi connectivity index (χ1) is 8.57. The molecule has 1 aromatic rings. The van der Waals surface area contributed by atoms with E-state index in [4.69, 9.17) is 0 Å². The van der Waals surface area contributed by atoms with Gasteiger partial charge in [-0.15, -0.1) is 0 Å². The zero-order valence-electron chi connectivity index (χ0n) is 10.3. The molecular weight excluding hydrogens is 250 g/mol. The standard InChI is InChI=1S/C13H17NO3S/c1-14-9-12(15)11-7-2-3-8-13(11)18(16,17)10-5-4-6-10/h2-3,7-8,10,14H,4-6,9H2,1H3. The summed E-state index contributed by atoms with van der Waals surface area (Å²) in [5, 5.41) is 2.45. The van der Waals surface area contributed by atoms with E-state index in [1.165, 1.54) is 6.07 Å². The van der Waals surface area contributed by atoms with E-state index >= 15 is 0 Å². The van der Waals surface area contributed by atoms with E-state index < -0.39 is 9.84 Å². The Morgan fingerprint density at radius 1 is 1.33 bits per heavy atom. The van der Waals surface area contributed by atoms with Crippen molar-refractivity contribution < 1.29 is 13.2 Å². The Labute approximate surface area is 107 Å². The van der Waals surface area contributed by atoms with E-state index in [1.807, 2.05) is 0 Å². The molecule has 0 aromatic heterocycles. The average molecular weight is 267 g/mol. The topological polar surface area (TPSA) is 63.2 Å². The predicted molar refractivity (Wildman–Crippen MR) is 69.5 cm³/mol. The third-order valence-corrected chi connectivity index (χ3v) is 5.64. The number of ketones is 1. The predicted octanol–water partition coefficient (Wildman–Crippen LogP) is 1.41. The van der Waals surface area contributed by atoms with E-state index in [-0.39, 0.29) is 22.5 Å². The van der Waals surface area contributed by atoms with Gasteiger partial charge in [-0.2, -0.15) is 0 Å². The molecule has 0 bridgehead atoms. The van der Waals surface area contributed by atoms with Crippen molar-refractivity contribution in [1.82, 2.24) is 5.32 Å².